The number of rotatable bonds is 3. The van der Waals surface area contributed by atoms with Crippen LogP contribution in [0.4, 0.5) is 0 Å². The number of hydrogen-bond donors (Lipinski definition) is 1. The van der Waals surface area contributed by atoms with Gasteiger partial charge in [0.2, 0.25) is 0 Å². The van der Waals surface area contributed by atoms with Crippen molar-refractivity contribution in [3.63, 3.8) is 0 Å². The predicted octanol–water partition coefficient (Wildman–Crippen LogP) is 1.87. The van der Waals surface area contributed by atoms with Crippen molar-refractivity contribution in [2.45, 2.75) is 25.2 Å². The summed E-state index contributed by atoms with van der Waals surface area (Å²) in [5.41, 5.74) is 2.44. The summed E-state index contributed by atoms with van der Waals surface area (Å²) in [7, 11) is 1.44. The average Bonchev–Trinajstić information content (AvgIpc) is 2.40. The van der Waals surface area contributed by atoms with E-state index in [4.69, 9.17) is 4.74 Å². The van der Waals surface area contributed by atoms with Crippen LogP contribution in [0.25, 0.3) is 0 Å². The van der Waals surface area contributed by atoms with Crippen LogP contribution >= 0.6 is 0 Å². The Bertz CT molecular complexity index is 384. The zero-order valence-corrected chi connectivity index (χ0v) is 10.2. The van der Waals surface area contributed by atoms with Crippen LogP contribution in [0, 0.1) is 0 Å². The van der Waals surface area contributed by atoms with E-state index in [0.717, 1.165) is 31.5 Å². The minimum Gasteiger partial charge on any atom is -0.469 e. The largest absolute Gasteiger partial charge is 0.469 e. The number of piperidine rings is 1. The zero-order valence-electron chi connectivity index (χ0n) is 10.2. The quantitative estimate of drug-likeness (QED) is 0.810. The van der Waals surface area contributed by atoms with Crippen LogP contribution in [0.1, 0.15) is 29.9 Å². The van der Waals surface area contributed by atoms with Gasteiger partial charge in [-0.15, -0.1) is 0 Å². The van der Waals surface area contributed by atoms with Crippen LogP contribution < -0.4 is 5.32 Å². The lowest BCUT2D eigenvalue weighted by Gasteiger charge is -2.24. The molecule has 1 fully saturated rings. The molecule has 1 aromatic carbocycles. The lowest BCUT2D eigenvalue weighted by molar-refractivity contribution is -0.139. The first-order valence-corrected chi connectivity index (χ1v) is 6.16. The molecule has 0 spiro atoms. The van der Waals surface area contributed by atoms with Crippen molar-refractivity contribution < 1.29 is 9.53 Å². The Morgan fingerprint density at radius 2 is 2.06 bits per heavy atom. The molecule has 1 saturated heterocycles. The van der Waals surface area contributed by atoms with Crippen molar-refractivity contribution >= 4 is 5.97 Å². The van der Waals surface area contributed by atoms with Crippen LogP contribution in [-0.2, 0) is 16.0 Å². The smallest absolute Gasteiger partial charge is 0.309 e. The Labute approximate surface area is 102 Å². The predicted molar refractivity (Wildman–Crippen MR) is 67.0 cm³/mol. The van der Waals surface area contributed by atoms with E-state index >= 15 is 0 Å². The normalized spacial score (nSPS) is 16.8. The molecule has 17 heavy (non-hydrogen) atoms. The monoisotopic (exact) mass is 233 g/mol. The van der Waals surface area contributed by atoms with E-state index in [1.165, 1.54) is 12.7 Å². The van der Waals surface area contributed by atoms with E-state index < -0.39 is 0 Å². The summed E-state index contributed by atoms with van der Waals surface area (Å²) in [5, 5.41) is 3.36. The number of esters is 1. The molecule has 0 amide bonds. The summed E-state index contributed by atoms with van der Waals surface area (Å²) in [4.78, 5) is 11.4. The number of methoxy groups -OCH3 is 1. The highest BCUT2D eigenvalue weighted by atomic mass is 16.5. The summed E-state index contributed by atoms with van der Waals surface area (Å²) in [6.07, 6.45) is 2.69. The standard InChI is InChI=1S/C14H19NO2/c1-17-14(16)10-12-4-2-3-5-13(12)11-6-8-15-9-7-11/h2-5,11,15H,6-10H2,1H3. The fraction of sp³-hybridized carbons (Fsp3) is 0.500. The second-order valence-corrected chi connectivity index (χ2v) is 4.48. The molecular formula is C14H19NO2. The van der Waals surface area contributed by atoms with Crippen LogP contribution in [0.15, 0.2) is 24.3 Å². The highest BCUT2D eigenvalue weighted by Crippen LogP contribution is 2.28. The molecule has 92 valence electrons. The Kier molecular flexibility index (Phi) is 4.15. The first kappa shape index (κ1) is 12.1. The number of nitrogens with one attached hydrogen (secondary N) is 1. The van der Waals surface area contributed by atoms with Crippen molar-refractivity contribution in [1.82, 2.24) is 5.32 Å². The minimum atomic E-state index is -0.161. The summed E-state index contributed by atoms with van der Waals surface area (Å²) in [6.45, 7) is 2.13. The van der Waals surface area contributed by atoms with Crippen LogP contribution in [0.2, 0.25) is 0 Å². The topological polar surface area (TPSA) is 38.3 Å². The molecule has 1 N–H and O–H groups in total. The zero-order chi connectivity index (χ0) is 12.1. The van der Waals surface area contributed by atoms with Gasteiger partial charge in [-0.25, -0.2) is 0 Å². The lowest BCUT2D eigenvalue weighted by atomic mass is 9.86. The molecule has 1 aliphatic rings. The van der Waals surface area contributed by atoms with Gasteiger partial charge in [0.25, 0.3) is 0 Å². The van der Waals surface area contributed by atoms with E-state index in [9.17, 15) is 4.79 Å². The molecule has 3 nitrogen and oxygen atoms in total. The third-order valence-corrected chi connectivity index (χ3v) is 3.40. The van der Waals surface area contributed by atoms with Gasteiger partial charge in [0.1, 0.15) is 0 Å². The van der Waals surface area contributed by atoms with E-state index in [1.807, 2.05) is 12.1 Å². The molecule has 1 aromatic rings. The fourth-order valence-corrected chi connectivity index (χ4v) is 2.45. The van der Waals surface area contributed by atoms with Crippen molar-refractivity contribution in [3.05, 3.63) is 35.4 Å². The fourth-order valence-electron chi connectivity index (χ4n) is 2.45. The molecule has 3 heteroatoms. The summed E-state index contributed by atoms with van der Waals surface area (Å²) < 4.78 is 4.75. The second-order valence-electron chi connectivity index (χ2n) is 4.48. The Hall–Kier alpha value is -1.35. The SMILES string of the molecule is COC(=O)Cc1ccccc1C1CCNCC1. The number of ether oxygens (including phenoxy) is 1. The van der Waals surface area contributed by atoms with E-state index in [2.05, 4.69) is 17.4 Å². The Balaban J connectivity index is 2.17. The maximum atomic E-state index is 11.4. The number of carbonyl (C=O) groups excluding carboxylic acids is 1. The summed E-state index contributed by atoms with van der Waals surface area (Å²) >= 11 is 0. The average molecular weight is 233 g/mol. The third-order valence-electron chi connectivity index (χ3n) is 3.40. The van der Waals surface area contributed by atoms with Crippen molar-refractivity contribution in [1.29, 1.82) is 0 Å². The number of benzene rings is 1. The van der Waals surface area contributed by atoms with Crippen LogP contribution in [0.3, 0.4) is 0 Å². The van der Waals surface area contributed by atoms with Gasteiger partial charge in [-0.2, -0.15) is 0 Å². The second kappa shape index (κ2) is 5.82. The molecule has 0 saturated carbocycles. The van der Waals surface area contributed by atoms with E-state index in [0.29, 0.717) is 12.3 Å². The van der Waals surface area contributed by atoms with Crippen molar-refractivity contribution in [2.24, 2.45) is 0 Å². The van der Waals surface area contributed by atoms with Gasteiger partial charge in [-0.05, 0) is 43.0 Å². The van der Waals surface area contributed by atoms with Gasteiger partial charge in [0.05, 0.1) is 13.5 Å². The van der Waals surface area contributed by atoms with Crippen molar-refractivity contribution in [2.75, 3.05) is 20.2 Å². The van der Waals surface area contributed by atoms with Gasteiger partial charge in [0, 0.05) is 0 Å². The van der Waals surface area contributed by atoms with Crippen molar-refractivity contribution in [3.8, 4) is 0 Å². The molecule has 0 radical (unpaired) electrons. The van der Waals surface area contributed by atoms with Gasteiger partial charge in [-0.1, -0.05) is 24.3 Å². The summed E-state index contributed by atoms with van der Waals surface area (Å²) in [6, 6.07) is 8.23. The summed E-state index contributed by atoms with van der Waals surface area (Å²) in [5.74, 6) is 0.420. The van der Waals surface area contributed by atoms with E-state index in [1.54, 1.807) is 0 Å². The van der Waals surface area contributed by atoms with E-state index in [-0.39, 0.29) is 5.97 Å². The molecule has 0 aliphatic carbocycles. The molecule has 2 rings (SSSR count). The Morgan fingerprint density at radius 3 is 2.76 bits per heavy atom. The molecule has 0 bridgehead atoms. The molecule has 0 atom stereocenters. The van der Waals surface area contributed by atoms with Crippen LogP contribution in [0.5, 0.6) is 0 Å². The highest BCUT2D eigenvalue weighted by Gasteiger charge is 2.18. The van der Waals surface area contributed by atoms with Gasteiger partial charge in [0.15, 0.2) is 0 Å². The highest BCUT2D eigenvalue weighted by molar-refractivity contribution is 5.73. The molecule has 1 aliphatic heterocycles. The lowest BCUT2D eigenvalue weighted by Crippen LogP contribution is -2.27. The number of hydrogen-bond acceptors (Lipinski definition) is 3. The maximum absolute atomic E-state index is 11.4. The first-order chi connectivity index (χ1) is 8.31. The first-order valence-electron chi connectivity index (χ1n) is 6.16. The van der Waals surface area contributed by atoms with Gasteiger partial charge >= 0.3 is 5.97 Å². The number of carbonyl (C=O) groups is 1. The molecular weight excluding hydrogens is 214 g/mol. The molecule has 1 heterocycles. The van der Waals surface area contributed by atoms with Gasteiger partial charge < -0.3 is 10.1 Å². The van der Waals surface area contributed by atoms with Gasteiger partial charge in [-0.3, -0.25) is 4.79 Å². The third kappa shape index (κ3) is 3.07. The molecule has 0 unspecified atom stereocenters. The maximum Gasteiger partial charge on any atom is 0.309 e. The molecule has 0 aromatic heterocycles. The Morgan fingerprint density at radius 1 is 1.35 bits per heavy atom. The minimum absolute atomic E-state index is 0.161. The van der Waals surface area contributed by atoms with Crippen LogP contribution in [-0.4, -0.2) is 26.2 Å².